The van der Waals surface area contributed by atoms with Crippen molar-refractivity contribution in [2.75, 3.05) is 26.4 Å². The molecule has 4 aliphatic rings. The molecule has 234 valence electrons. The van der Waals surface area contributed by atoms with Gasteiger partial charge in [0.25, 0.3) is 0 Å². The molecule has 0 aromatic carbocycles. The van der Waals surface area contributed by atoms with Crippen molar-refractivity contribution < 1.29 is 14.6 Å². The molecule has 3 heteroatoms. The first-order valence-electron chi connectivity index (χ1n) is 18.5. The normalized spacial score (nSPS) is 31.1. The first-order chi connectivity index (χ1) is 19.7. The molecule has 3 nitrogen and oxygen atoms in total. The molecule has 7 unspecified atom stereocenters. The van der Waals surface area contributed by atoms with Crippen LogP contribution < -0.4 is 0 Å². The van der Waals surface area contributed by atoms with E-state index in [-0.39, 0.29) is 12.7 Å². The lowest BCUT2D eigenvalue weighted by molar-refractivity contribution is -0.264. The molecule has 0 aromatic heterocycles. The van der Waals surface area contributed by atoms with Crippen molar-refractivity contribution in [2.45, 2.75) is 161 Å². The molecule has 4 aliphatic carbocycles. The van der Waals surface area contributed by atoms with Gasteiger partial charge in [-0.05, 0) is 85.9 Å². The summed E-state index contributed by atoms with van der Waals surface area (Å²) in [6.07, 6.45) is 30.8. The molecular weight excluding hydrogens is 492 g/mol. The smallest absolute Gasteiger partial charge is 0.104 e. The van der Waals surface area contributed by atoms with Gasteiger partial charge in [0, 0.05) is 13.2 Å². The molecule has 8 atom stereocenters. The molecule has 0 heterocycles. The van der Waals surface area contributed by atoms with Crippen LogP contribution in [-0.2, 0) is 9.47 Å². The third-order valence-electron chi connectivity index (χ3n) is 11.8. The molecule has 4 saturated carbocycles. The molecule has 0 radical (unpaired) electrons. The van der Waals surface area contributed by atoms with E-state index in [9.17, 15) is 5.11 Å². The predicted molar refractivity (Wildman–Crippen MR) is 168 cm³/mol. The molecule has 0 saturated heterocycles. The predicted octanol–water partition coefficient (Wildman–Crippen LogP) is 9.99. The summed E-state index contributed by atoms with van der Waals surface area (Å²) in [6, 6.07) is 0. The van der Waals surface area contributed by atoms with Gasteiger partial charge in [0.05, 0.1) is 13.2 Å². The van der Waals surface area contributed by atoms with Gasteiger partial charge in [-0.15, -0.1) is 0 Å². The van der Waals surface area contributed by atoms with Crippen LogP contribution in [0.4, 0.5) is 0 Å². The SMILES string of the molecule is CC(C)CCCCCCCCCCCOC[C@H](CO)OCCCCCCCCC1CCC2C(C1)C1C3CCC3C21. The van der Waals surface area contributed by atoms with Crippen LogP contribution in [0.3, 0.4) is 0 Å². The molecule has 0 aliphatic heterocycles. The highest BCUT2D eigenvalue weighted by atomic mass is 16.5. The molecule has 0 amide bonds. The molecule has 0 aromatic rings. The largest absolute Gasteiger partial charge is 0.394 e. The Bertz CT molecular complexity index is 643. The topological polar surface area (TPSA) is 38.7 Å². The third kappa shape index (κ3) is 9.97. The van der Waals surface area contributed by atoms with Crippen molar-refractivity contribution in [1.29, 1.82) is 0 Å². The van der Waals surface area contributed by atoms with Crippen molar-refractivity contribution in [3.05, 3.63) is 0 Å². The molecule has 4 rings (SSSR count). The molecule has 40 heavy (non-hydrogen) atoms. The van der Waals surface area contributed by atoms with Crippen LogP contribution in [0, 0.1) is 47.3 Å². The summed E-state index contributed by atoms with van der Waals surface area (Å²) in [5.74, 6) is 9.05. The van der Waals surface area contributed by atoms with E-state index in [1.807, 2.05) is 0 Å². The number of hydrogen-bond acceptors (Lipinski definition) is 3. The van der Waals surface area contributed by atoms with Gasteiger partial charge < -0.3 is 14.6 Å². The van der Waals surface area contributed by atoms with Crippen LogP contribution in [-0.4, -0.2) is 37.6 Å². The maximum Gasteiger partial charge on any atom is 0.104 e. The van der Waals surface area contributed by atoms with Gasteiger partial charge in [-0.25, -0.2) is 0 Å². The van der Waals surface area contributed by atoms with E-state index in [0.717, 1.165) is 43.8 Å². The van der Waals surface area contributed by atoms with E-state index in [1.165, 1.54) is 126 Å². The minimum absolute atomic E-state index is 0.0720. The number of rotatable bonds is 25. The van der Waals surface area contributed by atoms with Gasteiger partial charge in [-0.3, -0.25) is 0 Å². The van der Waals surface area contributed by atoms with Crippen LogP contribution in [0.15, 0.2) is 0 Å². The van der Waals surface area contributed by atoms with Crippen molar-refractivity contribution in [1.82, 2.24) is 0 Å². The Labute approximate surface area is 249 Å². The number of ether oxygens (including phenoxy) is 2. The van der Waals surface area contributed by atoms with Crippen LogP contribution >= 0.6 is 0 Å². The van der Waals surface area contributed by atoms with Crippen molar-refractivity contribution in [3.8, 4) is 0 Å². The highest BCUT2D eigenvalue weighted by molar-refractivity contribution is 5.16. The summed E-state index contributed by atoms with van der Waals surface area (Å²) < 4.78 is 11.7. The van der Waals surface area contributed by atoms with Crippen molar-refractivity contribution in [3.63, 3.8) is 0 Å². The lowest BCUT2D eigenvalue weighted by atomic mass is 9.30. The van der Waals surface area contributed by atoms with Gasteiger partial charge in [-0.1, -0.05) is 117 Å². The van der Waals surface area contributed by atoms with Crippen molar-refractivity contribution in [2.24, 2.45) is 47.3 Å². The van der Waals surface area contributed by atoms with E-state index in [4.69, 9.17) is 9.47 Å². The molecule has 1 N–H and O–H groups in total. The second-order valence-electron chi connectivity index (χ2n) is 15.1. The fourth-order valence-electron chi connectivity index (χ4n) is 9.35. The zero-order chi connectivity index (χ0) is 28.0. The van der Waals surface area contributed by atoms with Gasteiger partial charge in [0.1, 0.15) is 6.10 Å². The van der Waals surface area contributed by atoms with Gasteiger partial charge in [0.15, 0.2) is 0 Å². The maximum atomic E-state index is 9.63. The van der Waals surface area contributed by atoms with E-state index in [0.29, 0.717) is 6.61 Å². The molecule has 0 bridgehead atoms. The van der Waals surface area contributed by atoms with Gasteiger partial charge >= 0.3 is 0 Å². The van der Waals surface area contributed by atoms with Gasteiger partial charge in [-0.2, -0.15) is 0 Å². The van der Waals surface area contributed by atoms with E-state index in [2.05, 4.69) is 13.8 Å². The van der Waals surface area contributed by atoms with Crippen LogP contribution in [0.5, 0.6) is 0 Å². The highest BCUT2D eigenvalue weighted by Gasteiger charge is 2.68. The summed E-state index contributed by atoms with van der Waals surface area (Å²) in [5, 5.41) is 9.63. The Morgan fingerprint density at radius 3 is 1.75 bits per heavy atom. The Morgan fingerprint density at radius 2 is 1.12 bits per heavy atom. The first-order valence-corrected chi connectivity index (χ1v) is 18.5. The Hall–Kier alpha value is -0.120. The van der Waals surface area contributed by atoms with Gasteiger partial charge in [0.2, 0.25) is 0 Å². The summed E-state index contributed by atoms with van der Waals surface area (Å²) >= 11 is 0. The monoisotopic (exact) mass is 561 g/mol. The van der Waals surface area contributed by atoms with E-state index in [1.54, 1.807) is 32.1 Å². The minimum Gasteiger partial charge on any atom is -0.394 e. The Balaban J connectivity index is 0.855. The van der Waals surface area contributed by atoms with E-state index >= 15 is 0 Å². The minimum atomic E-state index is -0.146. The summed E-state index contributed by atoms with van der Waals surface area (Å²) in [4.78, 5) is 0. The third-order valence-corrected chi connectivity index (χ3v) is 11.8. The fraction of sp³-hybridized carbons (Fsp3) is 1.00. The second kappa shape index (κ2) is 18.5. The number of fused-ring (bicyclic) bond motifs is 7. The molecular formula is C37H68O3. The molecule has 0 spiro atoms. The van der Waals surface area contributed by atoms with Crippen LogP contribution in [0.25, 0.3) is 0 Å². The van der Waals surface area contributed by atoms with Crippen molar-refractivity contribution >= 4 is 0 Å². The highest BCUT2D eigenvalue weighted by Crippen LogP contribution is 2.74. The maximum absolute atomic E-state index is 9.63. The number of aliphatic hydroxyl groups is 1. The summed E-state index contributed by atoms with van der Waals surface area (Å²) in [6.45, 7) is 6.83. The fourth-order valence-corrected chi connectivity index (χ4v) is 9.35. The first kappa shape index (κ1) is 32.8. The Morgan fingerprint density at radius 1 is 0.600 bits per heavy atom. The van der Waals surface area contributed by atoms with E-state index < -0.39 is 0 Å². The summed E-state index contributed by atoms with van der Waals surface area (Å²) in [7, 11) is 0. The lowest BCUT2D eigenvalue weighted by Crippen LogP contribution is -2.69. The van der Waals surface area contributed by atoms with Crippen LogP contribution in [0.1, 0.15) is 155 Å². The number of aliphatic hydroxyl groups excluding tert-OH is 1. The quantitative estimate of drug-likeness (QED) is 0.113. The molecule has 4 fully saturated rings. The Kier molecular flexibility index (Phi) is 15.2. The average Bonchev–Trinajstić information content (AvgIpc) is 2.94. The average molecular weight is 561 g/mol. The summed E-state index contributed by atoms with van der Waals surface area (Å²) in [5.41, 5.74) is 0. The zero-order valence-corrected chi connectivity index (χ0v) is 26.8. The second-order valence-corrected chi connectivity index (χ2v) is 15.1. The number of unbranched alkanes of at least 4 members (excludes halogenated alkanes) is 13. The standard InChI is InChI=1S/C37H68O3/c1-29(2)18-14-10-6-4-3-5-8-12-16-24-39-28-31(27-38)40-25-17-13-9-7-11-15-19-30-20-21-34-35(26-30)37-33-23-22-32(33)36(34)37/h29-38H,3-28H2,1-2H3/t30?,31-,32?,33?,34?,35?,36?,37?/m0/s1. The lowest BCUT2D eigenvalue weighted by Gasteiger charge is -2.74. The van der Waals surface area contributed by atoms with Crippen LogP contribution in [0.2, 0.25) is 0 Å². The zero-order valence-electron chi connectivity index (χ0n) is 26.8. The number of hydrogen-bond donors (Lipinski definition) is 1.